The van der Waals surface area contributed by atoms with Crippen molar-refractivity contribution < 1.29 is 0 Å². The fourth-order valence-corrected chi connectivity index (χ4v) is 2.52. The van der Waals surface area contributed by atoms with Crippen LogP contribution in [0.25, 0.3) is 11.4 Å². The maximum absolute atomic E-state index is 5.95. The minimum Gasteiger partial charge on any atom is -0.398 e. The monoisotopic (exact) mass is 277 g/mol. The van der Waals surface area contributed by atoms with Crippen LogP contribution in [0.3, 0.4) is 0 Å². The SMILES string of the molecule is CC(C)(C1CC1)n1nnnc1-c1ccc(Cl)c(N)c1. The Labute approximate surface area is 116 Å². The lowest BCUT2D eigenvalue weighted by atomic mass is 9.98. The Morgan fingerprint density at radius 2 is 2.11 bits per heavy atom. The van der Waals surface area contributed by atoms with Crippen LogP contribution >= 0.6 is 11.6 Å². The summed E-state index contributed by atoms with van der Waals surface area (Å²) in [6.45, 7) is 4.34. The van der Waals surface area contributed by atoms with Gasteiger partial charge in [0.15, 0.2) is 5.82 Å². The number of hydrogen-bond acceptors (Lipinski definition) is 4. The number of hydrogen-bond donors (Lipinski definition) is 1. The number of anilines is 1. The summed E-state index contributed by atoms with van der Waals surface area (Å²) in [5.41, 5.74) is 7.20. The molecular weight excluding hydrogens is 262 g/mol. The van der Waals surface area contributed by atoms with Gasteiger partial charge >= 0.3 is 0 Å². The third-order valence-electron chi connectivity index (χ3n) is 3.85. The molecule has 5 nitrogen and oxygen atoms in total. The second kappa shape index (κ2) is 4.20. The first-order chi connectivity index (χ1) is 9.00. The van der Waals surface area contributed by atoms with Crippen LogP contribution in [0.15, 0.2) is 18.2 Å². The smallest absolute Gasteiger partial charge is 0.182 e. The highest BCUT2D eigenvalue weighted by Crippen LogP contribution is 2.44. The molecule has 100 valence electrons. The van der Waals surface area contributed by atoms with Crippen molar-refractivity contribution in [2.75, 3.05) is 5.73 Å². The average Bonchev–Trinajstić information content (AvgIpc) is 3.11. The number of nitrogen functional groups attached to an aromatic ring is 1. The zero-order valence-corrected chi connectivity index (χ0v) is 11.7. The summed E-state index contributed by atoms with van der Waals surface area (Å²) in [4.78, 5) is 0. The summed E-state index contributed by atoms with van der Waals surface area (Å²) in [6.07, 6.45) is 2.46. The fourth-order valence-electron chi connectivity index (χ4n) is 2.40. The zero-order chi connectivity index (χ0) is 13.6. The Hall–Kier alpha value is -1.62. The van der Waals surface area contributed by atoms with Crippen molar-refractivity contribution in [3.8, 4) is 11.4 Å². The van der Waals surface area contributed by atoms with E-state index in [-0.39, 0.29) is 5.54 Å². The lowest BCUT2D eigenvalue weighted by Gasteiger charge is -2.25. The summed E-state index contributed by atoms with van der Waals surface area (Å²) < 4.78 is 1.90. The third kappa shape index (κ3) is 2.08. The molecule has 0 radical (unpaired) electrons. The molecule has 1 aromatic heterocycles. The normalized spacial score (nSPS) is 15.7. The second-order valence-corrected chi connectivity index (χ2v) is 5.99. The fraction of sp³-hybridized carbons (Fsp3) is 0.462. The van der Waals surface area contributed by atoms with Gasteiger partial charge in [0.05, 0.1) is 16.2 Å². The number of nitrogens with two attached hydrogens (primary N) is 1. The van der Waals surface area contributed by atoms with E-state index in [0.717, 1.165) is 11.4 Å². The van der Waals surface area contributed by atoms with Gasteiger partial charge in [0.2, 0.25) is 0 Å². The van der Waals surface area contributed by atoms with Crippen molar-refractivity contribution in [3.05, 3.63) is 23.2 Å². The lowest BCUT2D eigenvalue weighted by molar-refractivity contribution is 0.271. The molecule has 1 aromatic carbocycles. The van der Waals surface area contributed by atoms with E-state index in [4.69, 9.17) is 17.3 Å². The van der Waals surface area contributed by atoms with Crippen molar-refractivity contribution in [1.29, 1.82) is 0 Å². The van der Waals surface area contributed by atoms with Crippen molar-refractivity contribution in [3.63, 3.8) is 0 Å². The van der Waals surface area contributed by atoms with Crippen molar-refractivity contribution >= 4 is 17.3 Å². The quantitative estimate of drug-likeness (QED) is 0.876. The Kier molecular flexibility index (Phi) is 2.74. The molecule has 0 amide bonds. The van der Waals surface area contributed by atoms with Gasteiger partial charge in [-0.05, 0) is 61.2 Å². The van der Waals surface area contributed by atoms with E-state index in [2.05, 4.69) is 29.4 Å². The van der Waals surface area contributed by atoms with Gasteiger partial charge in [0, 0.05) is 5.56 Å². The molecule has 1 aliphatic rings. The number of tetrazole rings is 1. The third-order valence-corrected chi connectivity index (χ3v) is 4.19. The van der Waals surface area contributed by atoms with E-state index in [1.165, 1.54) is 12.8 Å². The molecule has 2 aromatic rings. The van der Waals surface area contributed by atoms with Gasteiger partial charge in [0.25, 0.3) is 0 Å². The van der Waals surface area contributed by atoms with Crippen LogP contribution < -0.4 is 5.73 Å². The van der Waals surface area contributed by atoms with Crippen LogP contribution in [-0.4, -0.2) is 20.2 Å². The standard InChI is InChI=1S/C13H16ClN5/c1-13(2,9-4-5-9)19-12(16-17-18-19)8-3-6-10(14)11(15)7-8/h3,6-7,9H,4-5,15H2,1-2H3. The molecule has 3 rings (SSSR count). The lowest BCUT2D eigenvalue weighted by Crippen LogP contribution is -2.30. The van der Waals surface area contributed by atoms with E-state index < -0.39 is 0 Å². The maximum atomic E-state index is 5.95. The molecule has 19 heavy (non-hydrogen) atoms. The number of benzene rings is 1. The molecule has 1 fully saturated rings. The highest BCUT2D eigenvalue weighted by atomic mass is 35.5. The van der Waals surface area contributed by atoms with Gasteiger partial charge in [0.1, 0.15) is 0 Å². The van der Waals surface area contributed by atoms with Crippen LogP contribution in [0.4, 0.5) is 5.69 Å². The van der Waals surface area contributed by atoms with E-state index in [0.29, 0.717) is 16.6 Å². The summed E-state index contributed by atoms with van der Waals surface area (Å²) in [5, 5.41) is 12.7. The van der Waals surface area contributed by atoms with Crippen molar-refractivity contribution in [1.82, 2.24) is 20.2 Å². The van der Waals surface area contributed by atoms with Crippen molar-refractivity contribution in [2.45, 2.75) is 32.2 Å². The molecular formula is C13H16ClN5. The first-order valence-corrected chi connectivity index (χ1v) is 6.72. The maximum Gasteiger partial charge on any atom is 0.182 e. The molecule has 6 heteroatoms. The first kappa shape index (κ1) is 12.4. The van der Waals surface area contributed by atoms with Crippen LogP contribution in [0.5, 0.6) is 0 Å². The number of aromatic nitrogens is 4. The molecule has 0 saturated heterocycles. The van der Waals surface area contributed by atoms with E-state index in [9.17, 15) is 0 Å². The van der Waals surface area contributed by atoms with Crippen LogP contribution in [-0.2, 0) is 5.54 Å². The van der Waals surface area contributed by atoms with Gasteiger partial charge in [-0.1, -0.05) is 11.6 Å². The van der Waals surface area contributed by atoms with Gasteiger partial charge in [-0.15, -0.1) is 5.10 Å². The van der Waals surface area contributed by atoms with Gasteiger partial charge in [-0.3, -0.25) is 0 Å². The molecule has 0 aliphatic heterocycles. The van der Waals surface area contributed by atoms with Gasteiger partial charge in [-0.25, -0.2) is 4.68 Å². The second-order valence-electron chi connectivity index (χ2n) is 5.58. The largest absolute Gasteiger partial charge is 0.398 e. The first-order valence-electron chi connectivity index (χ1n) is 6.34. The average molecular weight is 278 g/mol. The molecule has 2 N–H and O–H groups in total. The molecule has 1 aliphatic carbocycles. The predicted octanol–water partition coefficient (Wildman–Crippen LogP) is 2.72. The number of halogens is 1. The van der Waals surface area contributed by atoms with Gasteiger partial charge < -0.3 is 5.73 Å². The Bertz CT molecular complexity index is 615. The Balaban J connectivity index is 2.06. The number of nitrogens with zero attached hydrogens (tertiary/aromatic N) is 4. The van der Waals surface area contributed by atoms with Crippen LogP contribution in [0.2, 0.25) is 5.02 Å². The number of rotatable bonds is 3. The Morgan fingerprint density at radius 1 is 1.37 bits per heavy atom. The molecule has 1 heterocycles. The van der Waals surface area contributed by atoms with E-state index in [1.54, 1.807) is 6.07 Å². The van der Waals surface area contributed by atoms with Crippen LogP contribution in [0.1, 0.15) is 26.7 Å². The summed E-state index contributed by atoms with van der Waals surface area (Å²) >= 11 is 5.95. The summed E-state index contributed by atoms with van der Waals surface area (Å²) in [5.74, 6) is 1.37. The topological polar surface area (TPSA) is 69.6 Å². The molecule has 0 atom stereocenters. The highest BCUT2D eigenvalue weighted by molar-refractivity contribution is 6.33. The van der Waals surface area contributed by atoms with E-state index in [1.807, 2.05) is 16.8 Å². The molecule has 0 bridgehead atoms. The summed E-state index contributed by atoms with van der Waals surface area (Å²) in [7, 11) is 0. The minimum absolute atomic E-state index is 0.0762. The van der Waals surface area contributed by atoms with Gasteiger partial charge in [-0.2, -0.15) is 0 Å². The highest BCUT2D eigenvalue weighted by Gasteiger charge is 2.41. The zero-order valence-electron chi connectivity index (χ0n) is 11.0. The van der Waals surface area contributed by atoms with Crippen LogP contribution in [0, 0.1) is 5.92 Å². The molecule has 0 spiro atoms. The predicted molar refractivity (Wildman–Crippen MR) is 74.7 cm³/mol. The minimum atomic E-state index is -0.0762. The summed E-state index contributed by atoms with van der Waals surface area (Å²) in [6, 6.07) is 5.48. The van der Waals surface area contributed by atoms with Crippen molar-refractivity contribution in [2.24, 2.45) is 5.92 Å². The van der Waals surface area contributed by atoms with E-state index >= 15 is 0 Å². The molecule has 0 unspecified atom stereocenters. The molecule has 1 saturated carbocycles. The Morgan fingerprint density at radius 3 is 2.74 bits per heavy atom.